The molecule has 2 saturated heterocycles. The van der Waals surface area contributed by atoms with E-state index in [-0.39, 0.29) is 5.60 Å². The van der Waals surface area contributed by atoms with Gasteiger partial charge >= 0.3 is 0 Å². The summed E-state index contributed by atoms with van der Waals surface area (Å²) >= 11 is 2.00. The molecule has 7 heteroatoms. The van der Waals surface area contributed by atoms with Crippen LogP contribution in [0.4, 0.5) is 5.82 Å². The average molecular weight is 345 g/mol. The molecule has 6 nitrogen and oxygen atoms in total. The van der Waals surface area contributed by atoms with Crippen molar-refractivity contribution in [3.8, 4) is 5.82 Å². The molecule has 2 fully saturated rings. The molecule has 4 heterocycles. The highest BCUT2D eigenvalue weighted by atomic mass is 32.2. The van der Waals surface area contributed by atoms with Crippen LogP contribution >= 0.6 is 11.8 Å². The lowest BCUT2D eigenvalue weighted by Gasteiger charge is -2.38. The van der Waals surface area contributed by atoms with Gasteiger partial charge in [-0.25, -0.2) is 9.67 Å². The average Bonchev–Trinajstić information content (AvgIpc) is 3.14. The molecule has 2 aromatic heterocycles. The van der Waals surface area contributed by atoms with E-state index in [9.17, 15) is 0 Å². The predicted molar refractivity (Wildman–Crippen MR) is 95.9 cm³/mol. The van der Waals surface area contributed by atoms with Gasteiger partial charge in [-0.3, -0.25) is 4.98 Å². The first-order valence-electron chi connectivity index (χ1n) is 8.48. The number of aryl methyl sites for hydroxylation is 2. The van der Waals surface area contributed by atoms with Gasteiger partial charge in [0.1, 0.15) is 5.82 Å². The Kier molecular flexibility index (Phi) is 4.22. The van der Waals surface area contributed by atoms with E-state index in [0.29, 0.717) is 6.04 Å². The Morgan fingerprint density at radius 1 is 1.38 bits per heavy atom. The van der Waals surface area contributed by atoms with Crippen molar-refractivity contribution in [2.75, 3.05) is 23.4 Å². The summed E-state index contributed by atoms with van der Waals surface area (Å²) in [5.74, 6) is 3.89. The molecular formula is C17H23N5OS. The lowest BCUT2D eigenvalue weighted by atomic mass is 9.90. The fourth-order valence-electron chi connectivity index (χ4n) is 3.61. The van der Waals surface area contributed by atoms with Crippen LogP contribution in [0.3, 0.4) is 0 Å². The van der Waals surface area contributed by atoms with Crippen LogP contribution in [0.15, 0.2) is 18.5 Å². The standard InChI is InChI=1S/C17H23N5OS/c1-12-7-13(2)22(21-12)16-10-18-9-15(20-16)19-14-3-5-23-17(8-14)4-6-24-11-17/h7,9-10,14H,3-6,8,11H2,1-2H3,(H,19,20)/t14-,17-/m1/s1. The van der Waals surface area contributed by atoms with E-state index in [0.717, 1.165) is 54.6 Å². The van der Waals surface area contributed by atoms with Crippen molar-refractivity contribution in [1.29, 1.82) is 0 Å². The van der Waals surface area contributed by atoms with Gasteiger partial charge in [-0.05, 0) is 44.9 Å². The van der Waals surface area contributed by atoms with E-state index in [4.69, 9.17) is 9.72 Å². The second kappa shape index (κ2) is 6.37. The predicted octanol–water partition coefficient (Wildman–Crippen LogP) is 2.75. The van der Waals surface area contributed by atoms with E-state index in [1.165, 1.54) is 5.75 Å². The summed E-state index contributed by atoms with van der Waals surface area (Å²) in [4.78, 5) is 9.05. The number of hydrogen-bond acceptors (Lipinski definition) is 6. The summed E-state index contributed by atoms with van der Waals surface area (Å²) in [5.41, 5.74) is 2.12. The Hall–Kier alpha value is -1.60. The number of hydrogen-bond donors (Lipinski definition) is 1. The molecule has 0 bridgehead atoms. The summed E-state index contributed by atoms with van der Waals surface area (Å²) in [6, 6.07) is 2.43. The Labute approximate surface area is 146 Å². The van der Waals surface area contributed by atoms with E-state index in [2.05, 4.69) is 15.4 Å². The molecule has 1 spiro atoms. The highest BCUT2D eigenvalue weighted by Gasteiger charge is 2.40. The number of rotatable bonds is 3. The molecule has 0 saturated carbocycles. The monoisotopic (exact) mass is 345 g/mol. The molecular weight excluding hydrogens is 322 g/mol. The molecule has 2 aromatic rings. The van der Waals surface area contributed by atoms with Gasteiger partial charge in [0.25, 0.3) is 0 Å². The van der Waals surface area contributed by atoms with Gasteiger partial charge in [-0.2, -0.15) is 16.9 Å². The minimum atomic E-state index is 0.0707. The van der Waals surface area contributed by atoms with Crippen LogP contribution < -0.4 is 5.32 Å². The number of aromatic nitrogens is 4. The van der Waals surface area contributed by atoms with Crippen LogP contribution in [0, 0.1) is 13.8 Å². The van der Waals surface area contributed by atoms with Crippen molar-refractivity contribution in [2.24, 2.45) is 0 Å². The quantitative estimate of drug-likeness (QED) is 0.923. The zero-order chi connectivity index (χ0) is 16.6. The summed E-state index contributed by atoms with van der Waals surface area (Å²) in [6.45, 7) is 4.84. The Morgan fingerprint density at radius 2 is 2.29 bits per heavy atom. The molecule has 1 N–H and O–H groups in total. The third kappa shape index (κ3) is 3.15. The first-order chi connectivity index (χ1) is 11.6. The largest absolute Gasteiger partial charge is 0.374 e. The molecule has 2 aliphatic heterocycles. The normalized spacial score (nSPS) is 26.8. The minimum absolute atomic E-state index is 0.0707. The second-order valence-corrected chi connectivity index (χ2v) is 7.87. The summed E-state index contributed by atoms with van der Waals surface area (Å²) in [5, 5.41) is 8.05. The van der Waals surface area contributed by atoms with Crippen molar-refractivity contribution in [3.05, 3.63) is 29.8 Å². The third-order valence-corrected chi connectivity index (χ3v) is 5.98. The van der Waals surface area contributed by atoms with Gasteiger partial charge in [0.2, 0.25) is 0 Å². The molecule has 4 rings (SSSR count). The molecule has 2 aliphatic rings. The van der Waals surface area contributed by atoms with Crippen molar-refractivity contribution in [1.82, 2.24) is 19.7 Å². The van der Waals surface area contributed by atoms with Gasteiger partial charge in [0, 0.05) is 24.1 Å². The number of ether oxygens (including phenoxy) is 1. The van der Waals surface area contributed by atoms with Gasteiger partial charge in [-0.15, -0.1) is 0 Å². The molecule has 24 heavy (non-hydrogen) atoms. The van der Waals surface area contributed by atoms with Crippen molar-refractivity contribution >= 4 is 17.6 Å². The van der Waals surface area contributed by atoms with Gasteiger partial charge in [0.05, 0.1) is 23.7 Å². The van der Waals surface area contributed by atoms with Crippen LogP contribution in [-0.2, 0) is 4.74 Å². The number of nitrogens with one attached hydrogen (secondary N) is 1. The summed E-state index contributed by atoms with van der Waals surface area (Å²) < 4.78 is 7.93. The minimum Gasteiger partial charge on any atom is -0.374 e. The highest BCUT2D eigenvalue weighted by molar-refractivity contribution is 7.99. The molecule has 0 aromatic carbocycles. The van der Waals surface area contributed by atoms with Crippen LogP contribution in [0.2, 0.25) is 0 Å². The number of anilines is 1. The molecule has 0 radical (unpaired) electrons. The molecule has 0 aliphatic carbocycles. The van der Waals surface area contributed by atoms with Gasteiger partial charge in [0.15, 0.2) is 5.82 Å². The maximum Gasteiger partial charge on any atom is 0.174 e. The van der Waals surface area contributed by atoms with E-state index in [1.54, 1.807) is 12.4 Å². The van der Waals surface area contributed by atoms with Crippen LogP contribution in [0.5, 0.6) is 0 Å². The van der Waals surface area contributed by atoms with Crippen LogP contribution in [0.1, 0.15) is 30.7 Å². The lowest BCUT2D eigenvalue weighted by Crippen LogP contribution is -2.44. The van der Waals surface area contributed by atoms with Crippen molar-refractivity contribution in [2.45, 2.75) is 44.8 Å². The van der Waals surface area contributed by atoms with E-state index >= 15 is 0 Å². The fraction of sp³-hybridized carbons (Fsp3) is 0.588. The maximum atomic E-state index is 6.09. The Balaban J connectivity index is 1.51. The molecule has 2 atom stereocenters. The van der Waals surface area contributed by atoms with Crippen LogP contribution in [0.25, 0.3) is 5.82 Å². The van der Waals surface area contributed by atoms with Crippen LogP contribution in [-0.4, -0.2) is 49.5 Å². The maximum absolute atomic E-state index is 6.09. The second-order valence-electron chi connectivity index (χ2n) is 6.77. The molecule has 128 valence electrons. The smallest absolute Gasteiger partial charge is 0.174 e. The lowest BCUT2D eigenvalue weighted by molar-refractivity contribution is -0.0628. The van der Waals surface area contributed by atoms with Gasteiger partial charge in [-0.1, -0.05) is 0 Å². The zero-order valence-corrected chi connectivity index (χ0v) is 15.0. The zero-order valence-electron chi connectivity index (χ0n) is 14.2. The Bertz CT molecular complexity index is 726. The molecule has 0 unspecified atom stereocenters. The summed E-state index contributed by atoms with van der Waals surface area (Å²) in [6.07, 6.45) is 6.77. The summed E-state index contributed by atoms with van der Waals surface area (Å²) in [7, 11) is 0. The fourth-order valence-corrected chi connectivity index (χ4v) is 4.99. The van der Waals surface area contributed by atoms with Crippen molar-refractivity contribution < 1.29 is 4.74 Å². The SMILES string of the molecule is Cc1cc(C)n(-c2cncc(N[C@@H]3CCO[C@]4(CCSC4)C3)n2)n1. The first-order valence-corrected chi connectivity index (χ1v) is 9.63. The topological polar surface area (TPSA) is 64.9 Å². The molecule has 0 amide bonds. The van der Waals surface area contributed by atoms with Gasteiger partial charge < -0.3 is 10.1 Å². The highest BCUT2D eigenvalue weighted by Crippen LogP contribution is 2.38. The van der Waals surface area contributed by atoms with E-state index in [1.807, 2.05) is 36.4 Å². The first kappa shape index (κ1) is 15.9. The Morgan fingerprint density at radius 3 is 3.04 bits per heavy atom. The van der Waals surface area contributed by atoms with Crippen molar-refractivity contribution in [3.63, 3.8) is 0 Å². The number of thioether (sulfide) groups is 1. The number of nitrogens with zero attached hydrogens (tertiary/aromatic N) is 4. The third-order valence-electron chi connectivity index (χ3n) is 4.76. The van der Waals surface area contributed by atoms with E-state index < -0.39 is 0 Å².